The van der Waals surface area contributed by atoms with E-state index in [0.717, 1.165) is 0 Å². The molecule has 0 radical (unpaired) electrons. The van der Waals surface area contributed by atoms with Crippen molar-refractivity contribution in [1.82, 2.24) is 0 Å². The van der Waals surface area contributed by atoms with Crippen LogP contribution in [0, 0.1) is 5.82 Å². The van der Waals surface area contributed by atoms with Crippen LogP contribution in [0.3, 0.4) is 0 Å². The van der Waals surface area contributed by atoms with E-state index in [4.69, 9.17) is 0 Å². The van der Waals surface area contributed by atoms with E-state index in [-0.39, 0.29) is 10.6 Å². The predicted octanol–water partition coefficient (Wildman–Crippen LogP) is 2.68. The van der Waals surface area contributed by atoms with Crippen LogP contribution in [0.1, 0.15) is 18.6 Å². The summed E-state index contributed by atoms with van der Waals surface area (Å²) >= 11 is 0. The summed E-state index contributed by atoms with van der Waals surface area (Å²) in [4.78, 5) is 0.0752. The summed E-state index contributed by atoms with van der Waals surface area (Å²) < 4.78 is 39.3. The highest BCUT2D eigenvalue weighted by Gasteiger charge is 2.14. The largest absolute Gasteiger partial charge is 0.389 e. The Bertz CT molecular complexity index is 679. The van der Waals surface area contributed by atoms with Crippen LogP contribution >= 0.6 is 0 Å². The number of benzene rings is 2. The summed E-state index contributed by atoms with van der Waals surface area (Å²) in [5.74, 6) is -0.436. The first-order chi connectivity index (χ1) is 9.38. The number of anilines is 1. The third-order valence-electron chi connectivity index (χ3n) is 2.77. The van der Waals surface area contributed by atoms with Gasteiger partial charge in [-0.15, -0.1) is 0 Å². The van der Waals surface area contributed by atoms with Gasteiger partial charge in [-0.2, -0.15) is 0 Å². The summed E-state index contributed by atoms with van der Waals surface area (Å²) in [6, 6.07) is 11.0. The van der Waals surface area contributed by atoms with Gasteiger partial charge in [-0.25, -0.2) is 12.8 Å². The molecule has 2 rings (SSSR count). The maximum atomic E-state index is 12.8. The molecule has 0 spiro atoms. The van der Waals surface area contributed by atoms with Crippen molar-refractivity contribution in [2.75, 3.05) is 4.72 Å². The Morgan fingerprint density at radius 3 is 2.10 bits per heavy atom. The maximum absolute atomic E-state index is 12.8. The highest BCUT2D eigenvalue weighted by Crippen LogP contribution is 2.19. The van der Waals surface area contributed by atoms with E-state index in [9.17, 15) is 17.9 Å². The first-order valence-electron chi connectivity index (χ1n) is 5.95. The molecule has 0 bridgehead atoms. The van der Waals surface area contributed by atoms with Crippen LogP contribution in [0.2, 0.25) is 0 Å². The smallest absolute Gasteiger partial charge is 0.261 e. The van der Waals surface area contributed by atoms with Gasteiger partial charge in [-0.05, 0) is 48.9 Å². The molecule has 6 heteroatoms. The molecule has 0 saturated heterocycles. The lowest BCUT2D eigenvalue weighted by Gasteiger charge is -2.09. The second-order valence-corrected chi connectivity index (χ2v) is 6.04. The Hall–Kier alpha value is -1.92. The molecule has 2 aromatic carbocycles. The van der Waals surface area contributed by atoms with Gasteiger partial charge >= 0.3 is 0 Å². The molecule has 0 aromatic heterocycles. The molecule has 0 aliphatic heterocycles. The zero-order chi connectivity index (χ0) is 14.8. The first kappa shape index (κ1) is 14.5. The monoisotopic (exact) mass is 295 g/mol. The summed E-state index contributed by atoms with van der Waals surface area (Å²) in [5.41, 5.74) is 0.914. The van der Waals surface area contributed by atoms with Crippen molar-refractivity contribution in [3.8, 4) is 0 Å². The molecule has 0 amide bonds. The lowest BCUT2D eigenvalue weighted by Crippen LogP contribution is -2.13. The second kappa shape index (κ2) is 5.60. The maximum Gasteiger partial charge on any atom is 0.261 e. The number of hydrogen-bond donors (Lipinski definition) is 2. The van der Waals surface area contributed by atoms with Crippen LogP contribution in [0.4, 0.5) is 10.1 Å². The minimum Gasteiger partial charge on any atom is -0.389 e. The minimum absolute atomic E-state index is 0.0752. The van der Waals surface area contributed by atoms with Gasteiger partial charge in [0, 0.05) is 5.69 Å². The first-order valence-corrected chi connectivity index (χ1v) is 7.43. The molecular weight excluding hydrogens is 281 g/mol. The van der Waals surface area contributed by atoms with E-state index in [0.29, 0.717) is 5.56 Å². The van der Waals surface area contributed by atoms with Gasteiger partial charge in [0.05, 0.1) is 11.0 Å². The fourth-order valence-corrected chi connectivity index (χ4v) is 2.72. The fraction of sp³-hybridized carbons (Fsp3) is 0.143. The Morgan fingerprint density at radius 1 is 1.05 bits per heavy atom. The van der Waals surface area contributed by atoms with Gasteiger partial charge in [0.2, 0.25) is 0 Å². The van der Waals surface area contributed by atoms with Crippen molar-refractivity contribution in [1.29, 1.82) is 0 Å². The molecule has 106 valence electrons. The molecule has 1 unspecified atom stereocenters. The van der Waals surface area contributed by atoms with Gasteiger partial charge in [-0.1, -0.05) is 12.1 Å². The van der Waals surface area contributed by atoms with E-state index in [1.807, 2.05) is 0 Å². The van der Waals surface area contributed by atoms with Gasteiger partial charge in [-0.3, -0.25) is 4.72 Å². The number of halogens is 1. The number of hydrogen-bond acceptors (Lipinski definition) is 3. The number of rotatable bonds is 4. The lowest BCUT2D eigenvalue weighted by molar-refractivity contribution is 0.199. The Labute approximate surface area is 116 Å². The molecule has 0 aliphatic carbocycles. The van der Waals surface area contributed by atoms with E-state index in [1.165, 1.54) is 36.4 Å². The zero-order valence-corrected chi connectivity index (χ0v) is 11.6. The molecule has 0 aliphatic rings. The zero-order valence-electron chi connectivity index (χ0n) is 10.7. The van der Waals surface area contributed by atoms with Crippen LogP contribution in [0.15, 0.2) is 53.4 Å². The van der Waals surface area contributed by atoms with Gasteiger partial charge in [0.15, 0.2) is 0 Å². The average Bonchev–Trinajstić information content (AvgIpc) is 2.41. The molecule has 4 nitrogen and oxygen atoms in total. The molecule has 1 atom stereocenters. The standard InChI is InChI=1S/C14H14FNO3S/c1-10(17)11-2-8-14(9-3-11)20(18,19)16-13-6-4-12(15)5-7-13/h2-10,16-17H,1H3. The number of aliphatic hydroxyl groups excluding tert-OH is 1. The third-order valence-corrected chi connectivity index (χ3v) is 4.17. The van der Waals surface area contributed by atoms with Crippen molar-refractivity contribution in [2.24, 2.45) is 0 Å². The molecule has 20 heavy (non-hydrogen) atoms. The van der Waals surface area contributed by atoms with Crippen molar-refractivity contribution < 1.29 is 17.9 Å². The van der Waals surface area contributed by atoms with Crippen LogP contribution < -0.4 is 4.72 Å². The van der Waals surface area contributed by atoms with Crippen molar-refractivity contribution in [3.63, 3.8) is 0 Å². The fourth-order valence-electron chi connectivity index (χ4n) is 1.66. The van der Waals surface area contributed by atoms with Crippen molar-refractivity contribution in [3.05, 3.63) is 59.9 Å². The highest BCUT2D eigenvalue weighted by atomic mass is 32.2. The van der Waals surface area contributed by atoms with Gasteiger partial charge < -0.3 is 5.11 Å². The van der Waals surface area contributed by atoms with Crippen LogP contribution in [-0.2, 0) is 10.0 Å². The van der Waals surface area contributed by atoms with Gasteiger partial charge in [0.25, 0.3) is 10.0 Å². The molecule has 0 heterocycles. The number of sulfonamides is 1. The molecule has 0 saturated carbocycles. The summed E-state index contributed by atoms with van der Waals surface area (Å²) in [6.07, 6.45) is -0.656. The quantitative estimate of drug-likeness (QED) is 0.911. The van der Waals surface area contributed by atoms with Crippen molar-refractivity contribution in [2.45, 2.75) is 17.9 Å². The SMILES string of the molecule is CC(O)c1ccc(S(=O)(=O)Nc2ccc(F)cc2)cc1. The summed E-state index contributed by atoms with van der Waals surface area (Å²) in [6.45, 7) is 1.60. The Balaban J connectivity index is 2.23. The topological polar surface area (TPSA) is 66.4 Å². The molecule has 0 fully saturated rings. The number of nitrogens with one attached hydrogen (secondary N) is 1. The van der Waals surface area contributed by atoms with E-state index >= 15 is 0 Å². The molecule has 2 N–H and O–H groups in total. The highest BCUT2D eigenvalue weighted by molar-refractivity contribution is 7.92. The van der Waals surface area contributed by atoms with E-state index < -0.39 is 21.9 Å². The second-order valence-electron chi connectivity index (χ2n) is 4.36. The molecule has 2 aromatic rings. The normalized spacial score (nSPS) is 12.9. The Morgan fingerprint density at radius 2 is 1.60 bits per heavy atom. The summed E-state index contributed by atoms with van der Waals surface area (Å²) in [7, 11) is -3.72. The number of aliphatic hydroxyl groups is 1. The minimum atomic E-state index is -3.72. The van der Waals surface area contributed by atoms with Gasteiger partial charge in [0.1, 0.15) is 5.82 Å². The van der Waals surface area contributed by atoms with E-state index in [1.54, 1.807) is 19.1 Å². The Kier molecular flexibility index (Phi) is 4.06. The predicted molar refractivity (Wildman–Crippen MR) is 74.3 cm³/mol. The molecular formula is C14H14FNO3S. The van der Waals surface area contributed by atoms with Crippen molar-refractivity contribution >= 4 is 15.7 Å². The summed E-state index contributed by atoms with van der Waals surface area (Å²) in [5, 5.41) is 9.38. The lowest BCUT2D eigenvalue weighted by atomic mass is 10.1. The third kappa shape index (κ3) is 3.34. The van der Waals surface area contributed by atoms with Crippen LogP contribution in [-0.4, -0.2) is 13.5 Å². The van der Waals surface area contributed by atoms with Crippen LogP contribution in [0.25, 0.3) is 0 Å². The van der Waals surface area contributed by atoms with E-state index in [2.05, 4.69) is 4.72 Å². The van der Waals surface area contributed by atoms with Crippen LogP contribution in [0.5, 0.6) is 0 Å². The average molecular weight is 295 g/mol.